The van der Waals surface area contributed by atoms with E-state index in [0.29, 0.717) is 12.4 Å². The van der Waals surface area contributed by atoms with Gasteiger partial charge in [0.25, 0.3) is 5.91 Å². The van der Waals surface area contributed by atoms with Crippen molar-refractivity contribution < 1.29 is 4.79 Å². The molecule has 1 rings (SSSR count). The number of hydrogen-bond donors (Lipinski definition) is 2. The van der Waals surface area contributed by atoms with Crippen molar-refractivity contribution in [3.05, 3.63) is 24.0 Å². The van der Waals surface area contributed by atoms with Crippen LogP contribution in [0.4, 0.5) is 0 Å². The number of hydrogen-bond acceptors (Lipinski definition) is 2. The number of aromatic nitrogens is 1. The zero-order chi connectivity index (χ0) is 10.4. The first-order valence-corrected chi connectivity index (χ1v) is 4.84. The van der Waals surface area contributed by atoms with Gasteiger partial charge in [-0.25, -0.2) is 0 Å². The average Bonchev–Trinajstić information content (AvgIpc) is 2.67. The molecule has 0 bridgehead atoms. The normalized spacial score (nSPS) is 10.5. The van der Waals surface area contributed by atoms with Crippen molar-refractivity contribution in [2.24, 2.45) is 0 Å². The predicted octanol–water partition coefficient (Wildman–Crippen LogP) is 1.04. The second kappa shape index (κ2) is 5.44. The maximum atomic E-state index is 11.4. The number of carbonyl (C=O) groups excluding carboxylic acids is 1. The minimum absolute atomic E-state index is 0.0575. The van der Waals surface area contributed by atoms with Crippen LogP contribution in [0.15, 0.2) is 18.3 Å². The Morgan fingerprint density at radius 2 is 2.43 bits per heavy atom. The first-order chi connectivity index (χ1) is 6.74. The molecule has 14 heavy (non-hydrogen) atoms. The lowest BCUT2D eigenvalue weighted by molar-refractivity contribution is 0.0925. The molecule has 0 saturated carbocycles. The van der Waals surface area contributed by atoms with Crippen molar-refractivity contribution in [1.29, 1.82) is 0 Å². The van der Waals surface area contributed by atoms with Crippen LogP contribution in [-0.4, -0.2) is 36.1 Å². The minimum Gasteiger partial charge on any atom is -0.357 e. The Bertz CT molecular complexity index is 269. The number of nitrogens with zero attached hydrogens (tertiary/aromatic N) is 1. The molecule has 4 nitrogen and oxygen atoms in total. The largest absolute Gasteiger partial charge is 0.357 e. The van der Waals surface area contributed by atoms with Crippen molar-refractivity contribution in [2.45, 2.75) is 13.3 Å². The van der Waals surface area contributed by atoms with Crippen LogP contribution in [0.3, 0.4) is 0 Å². The molecular weight excluding hydrogens is 178 g/mol. The fourth-order valence-electron chi connectivity index (χ4n) is 1.23. The zero-order valence-corrected chi connectivity index (χ0v) is 8.71. The highest BCUT2D eigenvalue weighted by Gasteiger charge is 2.05. The summed E-state index contributed by atoms with van der Waals surface area (Å²) in [5.74, 6) is -0.0575. The van der Waals surface area contributed by atoms with E-state index in [0.717, 1.165) is 13.0 Å². The number of H-pyrrole nitrogens is 1. The van der Waals surface area contributed by atoms with E-state index in [2.05, 4.69) is 22.1 Å². The van der Waals surface area contributed by atoms with Crippen LogP contribution in [0.25, 0.3) is 0 Å². The number of aromatic amines is 1. The highest BCUT2D eigenvalue weighted by Crippen LogP contribution is 1.93. The molecule has 0 aromatic carbocycles. The lowest BCUT2D eigenvalue weighted by Gasteiger charge is -2.15. The third kappa shape index (κ3) is 3.22. The highest BCUT2D eigenvalue weighted by molar-refractivity contribution is 5.92. The van der Waals surface area contributed by atoms with Gasteiger partial charge in [0.15, 0.2) is 0 Å². The van der Waals surface area contributed by atoms with Gasteiger partial charge in [0.2, 0.25) is 0 Å². The molecule has 0 fully saturated rings. The molecule has 1 heterocycles. The summed E-state index contributed by atoms with van der Waals surface area (Å²) in [5, 5.41) is 2.83. The SMILES string of the molecule is CCCN(C)CNC(=O)c1ccc[nH]1. The van der Waals surface area contributed by atoms with Crippen LogP contribution in [0.5, 0.6) is 0 Å². The first-order valence-electron chi connectivity index (χ1n) is 4.84. The number of nitrogens with one attached hydrogen (secondary N) is 2. The summed E-state index contributed by atoms with van der Waals surface area (Å²) in [6.07, 6.45) is 2.83. The summed E-state index contributed by atoms with van der Waals surface area (Å²) in [4.78, 5) is 16.4. The van der Waals surface area contributed by atoms with E-state index in [1.54, 1.807) is 12.3 Å². The summed E-state index contributed by atoms with van der Waals surface area (Å²) >= 11 is 0. The van der Waals surface area contributed by atoms with E-state index in [-0.39, 0.29) is 5.91 Å². The standard InChI is InChI=1S/C10H17N3O/c1-3-7-13(2)8-12-10(14)9-5-4-6-11-9/h4-6,11H,3,7-8H2,1-2H3,(H,12,14). The van der Waals surface area contributed by atoms with Gasteiger partial charge >= 0.3 is 0 Å². The molecule has 1 amide bonds. The van der Waals surface area contributed by atoms with Crippen LogP contribution in [-0.2, 0) is 0 Å². The highest BCUT2D eigenvalue weighted by atomic mass is 16.2. The van der Waals surface area contributed by atoms with Crippen molar-refractivity contribution in [2.75, 3.05) is 20.3 Å². The third-order valence-electron chi connectivity index (χ3n) is 1.96. The number of amides is 1. The fourth-order valence-corrected chi connectivity index (χ4v) is 1.23. The first kappa shape index (κ1) is 10.8. The predicted molar refractivity (Wildman–Crippen MR) is 56.0 cm³/mol. The summed E-state index contributed by atoms with van der Waals surface area (Å²) in [7, 11) is 1.98. The van der Waals surface area contributed by atoms with Crippen molar-refractivity contribution in [1.82, 2.24) is 15.2 Å². The molecule has 0 radical (unpaired) electrons. The Kier molecular flexibility index (Phi) is 4.19. The number of carbonyl (C=O) groups is 1. The van der Waals surface area contributed by atoms with Gasteiger partial charge in [-0.3, -0.25) is 9.69 Å². The van der Waals surface area contributed by atoms with Crippen molar-refractivity contribution >= 4 is 5.91 Å². The van der Waals surface area contributed by atoms with E-state index in [4.69, 9.17) is 0 Å². The third-order valence-corrected chi connectivity index (χ3v) is 1.96. The number of rotatable bonds is 5. The van der Waals surface area contributed by atoms with Crippen LogP contribution in [0.1, 0.15) is 23.8 Å². The van der Waals surface area contributed by atoms with Crippen LogP contribution in [0.2, 0.25) is 0 Å². The van der Waals surface area contributed by atoms with Gasteiger partial charge < -0.3 is 10.3 Å². The van der Waals surface area contributed by atoms with Gasteiger partial charge in [-0.2, -0.15) is 0 Å². The molecule has 78 valence electrons. The Morgan fingerprint density at radius 1 is 1.64 bits per heavy atom. The van der Waals surface area contributed by atoms with Gasteiger partial charge in [-0.1, -0.05) is 6.92 Å². The fraction of sp³-hybridized carbons (Fsp3) is 0.500. The van der Waals surface area contributed by atoms with E-state index >= 15 is 0 Å². The van der Waals surface area contributed by atoms with E-state index < -0.39 is 0 Å². The molecule has 1 aromatic rings. The molecule has 2 N–H and O–H groups in total. The Morgan fingerprint density at radius 3 is 3.00 bits per heavy atom. The molecule has 0 aliphatic heterocycles. The quantitative estimate of drug-likeness (QED) is 0.690. The van der Waals surface area contributed by atoms with Crippen molar-refractivity contribution in [3.63, 3.8) is 0 Å². The topological polar surface area (TPSA) is 48.1 Å². The van der Waals surface area contributed by atoms with Crippen LogP contribution >= 0.6 is 0 Å². The van der Waals surface area contributed by atoms with Gasteiger partial charge in [0.1, 0.15) is 5.69 Å². The Balaban J connectivity index is 2.28. The second-order valence-corrected chi connectivity index (χ2v) is 3.33. The zero-order valence-electron chi connectivity index (χ0n) is 8.71. The molecule has 1 aromatic heterocycles. The van der Waals surface area contributed by atoms with E-state index in [1.165, 1.54) is 0 Å². The molecule has 4 heteroatoms. The molecule has 0 spiro atoms. The van der Waals surface area contributed by atoms with Gasteiger partial charge in [-0.15, -0.1) is 0 Å². The molecule has 0 unspecified atom stereocenters. The lowest BCUT2D eigenvalue weighted by Crippen LogP contribution is -2.35. The van der Waals surface area contributed by atoms with Gasteiger partial charge in [-0.05, 0) is 32.1 Å². The van der Waals surface area contributed by atoms with E-state index in [1.807, 2.05) is 13.1 Å². The summed E-state index contributed by atoms with van der Waals surface area (Å²) in [5.41, 5.74) is 0.606. The van der Waals surface area contributed by atoms with Crippen LogP contribution in [0, 0.1) is 0 Å². The summed E-state index contributed by atoms with van der Waals surface area (Å²) in [6, 6.07) is 3.57. The molecule has 0 atom stereocenters. The van der Waals surface area contributed by atoms with E-state index in [9.17, 15) is 4.79 Å². The minimum atomic E-state index is -0.0575. The molecule has 0 saturated heterocycles. The maximum Gasteiger partial charge on any atom is 0.268 e. The van der Waals surface area contributed by atoms with Crippen molar-refractivity contribution in [3.8, 4) is 0 Å². The Hall–Kier alpha value is -1.29. The summed E-state index contributed by atoms with van der Waals surface area (Å²) < 4.78 is 0. The smallest absolute Gasteiger partial charge is 0.268 e. The monoisotopic (exact) mass is 195 g/mol. The second-order valence-electron chi connectivity index (χ2n) is 3.33. The lowest BCUT2D eigenvalue weighted by atomic mass is 10.4. The Labute approximate surface area is 84.3 Å². The molecular formula is C10H17N3O. The van der Waals surface area contributed by atoms with Crippen LogP contribution < -0.4 is 5.32 Å². The van der Waals surface area contributed by atoms with Gasteiger partial charge in [0, 0.05) is 6.20 Å². The molecule has 0 aliphatic carbocycles. The summed E-state index contributed by atoms with van der Waals surface area (Å²) in [6.45, 7) is 3.69. The average molecular weight is 195 g/mol. The molecule has 0 aliphatic rings. The van der Waals surface area contributed by atoms with Gasteiger partial charge in [0.05, 0.1) is 6.67 Å². The maximum absolute atomic E-state index is 11.4.